The lowest BCUT2D eigenvalue weighted by Crippen LogP contribution is -2.44. The Morgan fingerprint density at radius 2 is 2.00 bits per heavy atom. The Labute approximate surface area is 75.3 Å². The van der Waals surface area contributed by atoms with Crippen LogP contribution in [0.4, 0.5) is 0 Å². The second-order valence-corrected chi connectivity index (χ2v) is 4.19. The Bertz CT molecular complexity index is 119. The van der Waals surface area contributed by atoms with Crippen LogP contribution in [0, 0.1) is 0 Å². The number of nitrogens with zero attached hydrogens (tertiary/aromatic N) is 1. The first-order valence-corrected chi connectivity index (χ1v) is 5.35. The molecule has 0 amide bonds. The molecule has 2 rings (SSSR count). The van der Waals surface area contributed by atoms with E-state index >= 15 is 0 Å². The monoisotopic (exact) mass is 168 g/mol. The molecule has 2 aliphatic rings. The lowest BCUT2D eigenvalue weighted by atomic mass is 10.1. The Kier molecular flexibility index (Phi) is 2.66. The van der Waals surface area contributed by atoms with Crippen molar-refractivity contribution in [1.82, 2.24) is 10.2 Å². The van der Waals surface area contributed by atoms with Crippen LogP contribution >= 0.6 is 0 Å². The van der Waals surface area contributed by atoms with Gasteiger partial charge >= 0.3 is 0 Å². The van der Waals surface area contributed by atoms with E-state index in [-0.39, 0.29) is 0 Å². The summed E-state index contributed by atoms with van der Waals surface area (Å²) in [7, 11) is 0. The summed E-state index contributed by atoms with van der Waals surface area (Å²) in [6.07, 6.45) is 5.59. The topological polar surface area (TPSA) is 15.3 Å². The lowest BCUT2D eigenvalue weighted by molar-refractivity contribution is 0.216. The Balaban J connectivity index is 1.84. The molecule has 1 N–H and O–H groups in total. The molecular formula is C10H20N2. The molecule has 0 aliphatic carbocycles. The van der Waals surface area contributed by atoms with Crippen LogP contribution in [-0.4, -0.2) is 36.6 Å². The van der Waals surface area contributed by atoms with E-state index in [4.69, 9.17) is 0 Å². The van der Waals surface area contributed by atoms with E-state index in [1.165, 1.54) is 45.3 Å². The maximum Gasteiger partial charge on any atom is 0.0221 e. The van der Waals surface area contributed by atoms with Gasteiger partial charge in [0.1, 0.15) is 0 Å². The van der Waals surface area contributed by atoms with E-state index in [1.807, 2.05) is 0 Å². The van der Waals surface area contributed by atoms with Crippen molar-refractivity contribution in [2.75, 3.05) is 19.6 Å². The fourth-order valence-corrected chi connectivity index (χ4v) is 2.53. The van der Waals surface area contributed by atoms with Gasteiger partial charge in [0.15, 0.2) is 0 Å². The highest BCUT2D eigenvalue weighted by molar-refractivity contribution is 4.86. The zero-order valence-corrected chi connectivity index (χ0v) is 8.05. The second kappa shape index (κ2) is 3.75. The molecule has 2 nitrogen and oxygen atoms in total. The van der Waals surface area contributed by atoms with Crippen molar-refractivity contribution in [3.63, 3.8) is 0 Å². The minimum Gasteiger partial charge on any atom is -0.312 e. The summed E-state index contributed by atoms with van der Waals surface area (Å²) in [5.74, 6) is 0. The molecule has 0 bridgehead atoms. The molecule has 2 atom stereocenters. The number of nitrogens with one attached hydrogen (secondary N) is 1. The van der Waals surface area contributed by atoms with Gasteiger partial charge in [0.25, 0.3) is 0 Å². The summed E-state index contributed by atoms with van der Waals surface area (Å²) >= 11 is 0. The molecule has 2 fully saturated rings. The Morgan fingerprint density at radius 3 is 2.58 bits per heavy atom. The van der Waals surface area contributed by atoms with Gasteiger partial charge in [-0.05, 0) is 52.2 Å². The Morgan fingerprint density at radius 1 is 1.25 bits per heavy atom. The molecule has 0 aromatic rings. The second-order valence-electron chi connectivity index (χ2n) is 4.19. The largest absolute Gasteiger partial charge is 0.312 e. The smallest absolute Gasteiger partial charge is 0.0221 e. The van der Waals surface area contributed by atoms with Crippen molar-refractivity contribution in [2.24, 2.45) is 0 Å². The van der Waals surface area contributed by atoms with Crippen LogP contribution in [0.15, 0.2) is 0 Å². The molecule has 0 aromatic heterocycles. The molecule has 0 radical (unpaired) electrons. The zero-order chi connectivity index (χ0) is 8.39. The molecule has 2 heterocycles. The van der Waals surface area contributed by atoms with Gasteiger partial charge in [-0.3, -0.25) is 4.90 Å². The van der Waals surface area contributed by atoms with E-state index < -0.39 is 0 Å². The molecule has 12 heavy (non-hydrogen) atoms. The summed E-state index contributed by atoms with van der Waals surface area (Å²) in [5, 5.41) is 3.59. The van der Waals surface area contributed by atoms with Gasteiger partial charge < -0.3 is 5.32 Å². The zero-order valence-electron chi connectivity index (χ0n) is 8.05. The van der Waals surface area contributed by atoms with Gasteiger partial charge in [-0.2, -0.15) is 0 Å². The molecule has 0 saturated carbocycles. The molecule has 70 valence electrons. The van der Waals surface area contributed by atoms with Crippen LogP contribution in [-0.2, 0) is 0 Å². The average molecular weight is 168 g/mol. The number of hydrogen-bond donors (Lipinski definition) is 1. The molecule has 2 saturated heterocycles. The van der Waals surface area contributed by atoms with E-state index in [0.717, 1.165) is 12.1 Å². The van der Waals surface area contributed by atoms with Crippen LogP contribution in [0.25, 0.3) is 0 Å². The van der Waals surface area contributed by atoms with Crippen molar-refractivity contribution < 1.29 is 0 Å². The van der Waals surface area contributed by atoms with E-state index in [1.54, 1.807) is 0 Å². The highest BCUT2D eigenvalue weighted by Crippen LogP contribution is 2.18. The van der Waals surface area contributed by atoms with Gasteiger partial charge in [0.2, 0.25) is 0 Å². The van der Waals surface area contributed by atoms with Crippen molar-refractivity contribution in [3.05, 3.63) is 0 Å². The van der Waals surface area contributed by atoms with Crippen LogP contribution in [0.1, 0.15) is 32.6 Å². The van der Waals surface area contributed by atoms with Crippen LogP contribution in [0.3, 0.4) is 0 Å². The third-order valence-electron chi connectivity index (χ3n) is 3.40. The highest BCUT2D eigenvalue weighted by Gasteiger charge is 2.27. The molecule has 2 heteroatoms. The fourth-order valence-electron chi connectivity index (χ4n) is 2.53. The van der Waals surface area contributed by atoms with Crippen molar-refractivity contribution in [1.29, 1.82) is 0 Å². The molecule has 0 spiro atoms. The van der Waals surface area contributed by atoms with Gasteiger partial charge in [-0.15, -0.1) is 0 Å². The normalized spacial score (nSPS) is 34.2. The standard InChI is InChI=1S/C10H20N2/c1-9(10-5-4-6-11-10)12-7-2-3-8-12/h9-11H,2-8H2,1H3. The van der Waals surface area contributed by atoms with Crippen LogP contribution < -0.4 is 5.32 Å². The van der Waals surface area contributed by atoms with Crippen molar-refractivity contribution in [2.45, 2.75) is 44.7 Å². The van der Waals surface area contributed by atoms with Gasteiger partial charge in [-0.25, -0.2) is 0 Å². The Hall–Kier alpha value is -0.0800. The maximum atomic E-state index is 3.59. The van der Waals surface area contributed by atoms with Crippen molar-refractivity contribution >= 4 is 0 Å². The number of likely N-dealkylation sites (tertiary alicyclic amines) is 1. The molecular weight excluding hydrogens is 148 g/mol. The number of rotatable bonds is 2. The lowest BCUT2D eigenvalue weighted by Gasteiger charge is -2.29. The molecule has 0 aromatic carbocycles. The first-order chi connectivity index (χ1) is 5.88. The van der Waals surface area contributed by atoms with Gasteiger partial charge in [0, 0.05) is 12.1 Å². The minimum atomic E-state index is 0.773. The summed E-state index contributed by atoms with van der Waals surface area (Å²) in [5.41, 5.74) is 0. The maximum absolute atomic E-state index is 3.59. The predicted octanol–water partition coefficient (Wildman–Crippen LogP) is 1.22. The molecule has 2 aliphatic heterocycles. The summed E-state index contributed by atoms with van der Waals surface area (Å²) in [6.45, 7) is 6.29. The fraction of sp³-hybridized carbons (Fsp3) is 1.00. The van der Waals surface area contributed by atoms with Crippen LogP contribution in [0.2, 0.25) is 0 Å². The van der Waals surface area contributed by atoms with E-state index in [2.05, 4.69) is 17.1 Å². The third kappa shape index (κ3) is 1.64. The summed E-state index contributed by atoms with van der Waals surface area (Å²) in [6, 6.07) is 1.55. The van der Waals surface area contributed by atoms with E-state index in [0.29, 0.717) is 0 Å². The minimum absolute atomic E-state index is 0.773. The molecule has 2 unspecified atom stereocenters. The first-order valence-electron chi connectivity index (χ1n) is 5.35. The predicted molar refractivity (Wildman–Crippen MR) is 51.3 cm³/mol. The summed E-state index contributed by atoms with van der Waals surface area (Å²) < 4.78 is 0. The van der Waals surface area contributed by atoms with Crippen LogP contribution in [0.5, 0.6) is 0 Å². The first kappa shape index (κ1) is 8.52. The average Bonchev–Trinajstić information content (AvgIpc) is 2.77. The van der Waals surface area contributed by atoms with Gasteiger partial charge in [0.05, 0.1) is 0 Å². The number of hydrogen-bond acceptors (Lipinski definition) is 2. The summed E-state index contributed by atoms with van der Waals surface area (Å²) in [4.78, 5) is 2.64. The highest BCUT2D eigenvalue weighted by atomic mass is 15.2. The van der Waals surface area contributed by atoms with E-state index in [9.17, 15) is 0 Å². The quantitative estimate of drug-likeness (QED) is 0.667. The third-order valence-corrected chi connectivity index (χ3v) is 3.40. The SMILES string of the molecule is CC(C1CCCN1)N1CCCC1. The van der Waals surface area contributed by atoms with Crippen molar-refractivity contribution in [3.8, 4) is 0 Å². The van der Waals surface area contributed by atoms with Gasteiger partial charge in [-0.1, -0.05) is 0 Å².